The van der Waals surface area contributed by atoms with Crippen LogP contribution in [0, 0.1) is 13.8 Å². The van der Waals surface area contributed by atoms with Crippen LogP contribution in [0.2, 0.25) is 5.02 Å². The Labute approximate surface area is 200 Å². The van der Waals surface area contributed by atoms with E-state index in [2.05, 4.69) is 10.1 Å². The summed E-state index contributed by atoms with van der Waals surface area (Å²) in [4.78, 5) is 38.0. The molecular formula is C24H22ClN3O6. The molecule has 10 heteroatoms. The Bertz CT molecular complexity index is 1340. The van der Waals surface area contributed by atoms with Gasteiger partial charge in [-0.15, -0.1) is 0 Å². The van der Waals surface area contributed by atoms with Gasteiger partial charge in [0.05, 0.1) is 26.5 Å². The van der Waals surface area contributed by atoms with Gasteiger partial charge in [-0.3, -0.25) is 9.69 Å². The molecule has 1 aliphatic heterocycles. The summed E-state index contributed by atoms with van der Waals surface area (Å²) in [5.74, 6) is -0.242. The number of amides is 3. The molecule has 0 aliphatic carbocycles. The number of hydrogen-bond donors (Lipinski definition) is 1. The molecule has 9 nitrogen and oxygen atoms in total. The smallest absolute Gasteiger partial charge is 0.373 e. The fourth-order valence-electron chi connectivity index (χ4n) is 3.84. The number of halogens is 1. The Morgan fingerprint density at radius 1 is 1.15 bits per heavy atom. The van der Waals surface area contributed by atoms with Crippen molar-refractivity contribution in [2.45, 2.75) is 20.4 Å². The summed E-state index contributed by atoms with van der Waals surface area (Å²) in [6.07, 6.45) is 1.62. The third kappa shape index (κ3) is 4.17. The first-order chi connectivity index (χ1) is 16.2. The summed E-state index contributed by atoms with van der Waals surface area (Å²) in [5.41, 5.74) is 3.36. The SMILES string of the molecule is COC(=O)c1ccc(CN2C(=O)N/C(=C\c3cc(C)n(-c4cc(Cl)ccc4OC)c3C)C2=O)o1. The number of benzene rings is 1. The van der Waals surface area contributed by atoms with Gasteiger partial charge < -0.3 is 23.8 Å². The summed E-state index contributed by atoms with van der Waals surface area (Å²) >= 11 is 6.21. The number of ether oxygens (including phenoxy) is 2. The minimum absolute atomic E-state index is 0.01000. The number of aryl methyl sites for hydroxylation is 1. The maximum Gasteiger partial charge on any atom is 0.373 e. The number of carbonyl (C=O) groups is 3. The van der Waals surface area contributed by atoms with Gasteiger partial charge in [-0.05, 0) is 61.9 Å². The highest BCUT2D eigenvalue weighted by Gasteiger charge is 2.34. The van der Waals surface area contributed by atoms with Crippen LogP contribution in [0.3, 0.4) is 0 Å². The third-order valence-electron chi connectivity index (χ3n) is 5.48. The summed E-state index contributed by atoms with van der Waals surface area (Å²) in [7, 11) is 2.82. The predicted octanol–water partition coefficient (Wildman–Crippen LogP) is 4.23. The summed E-state index contributed by atoms with van der Waals surface area (Å²) in [5, 5.41) is 3.16. The maximum absolute atomic E-state index is 12.9. The number of esters is 1. The van der Waals surface area contributed by atoms with Crippen LogP contribution in [-0.2, 0) is 16.1 Å². The molecule has 0 spiro atoms. The summed E-state index contributed by atoms with van der Waals surface area (Å²) in [6, 6.07) is 9.59. The van der Waals surface area contributed by atoms with Gasteiger partial charge in [0.15, 0.2) is 0 Å². The van der Waals surface area contributed by atoms with Crippen LogP contribution < -0.4 is 10.1 Å². The van der Waals surface area contributed by atoms with Crippen molar-refractivity contribution in [2.24, 2.45) is 0 Å². The molecule has 0 unspecified atom stereocenters. The molecule has 0 bridgehead atoms. The number of carbonyl (C=O) groups excluding carboxylic acids is 3. The number of furan rings is 1. The molecule has 2 aromatic heterocycles. The van der Waals surface area contributed by atoms with Gasteiger partial charge in [-0.1, -0.05) is 11.6 Å². The lowest BCUT2D eigenvalue weighted by Crippen LogP contribution is -2.30. The van der Waals surface area contributed by atoms with Crippen LogP contribution in [0.1, 0.15) is 33.3 Å². The number of rotatable bonds is 6. The van der Waals surface area contributed by atoms with Gasteiger partial charge in [-0.2, -0.15) is 0 Å². The van der Waals surface area contributed by atoms with Crippen molar-refractivity contribution in [1.82, 2.24) is 14.8 Å². The van der Waals surface area contributed by atoms with Crippen molar-refractivity contribution < 1.29 is 28.3 Å². The first-order valence-corrected chi connectivity index (χ1v) is 10.7. The molecule has 0 radical (unpaired) electrons. The molecule has 0 saturated carbocycles. The quantitative estimate of drug-likeness (QED) is 0.320. The molecule has 3 heterocycles. The normalized spacial score (nSPS) is 14.6. The van der Waals surface area contributed by atoms with Gasteiger partial charge in [0.1, 0.15) is 17.2 Å². The minimum Gasteiger partial charge on any atom is -0.495 e. The number of nitrogens with one attached hydrogen (secondary N) is 1. The molecule has 3 amide bonds. The number of methoxy groups -OCH3 is 2. The molecule has 1 saturated heterocycles. The first-order valence-electron chi connectivity index (χ1n) is 10.3. The Morgan fingerprint density at radius 3 is 2.62 bits per heavy atom. The second-order valence-corrected chi connectivity index (χ2v) is 8.05. The number of imide groups is 1. The van der Waals surface area contributed by atoms with E-state index in [1.54, 1.807) is 31.4 Å². The second-order valence-electron chi connectivity index (χ2n) is 7.62. The van der Waals surface area contributed by atoms with Crippen LogP contribution in [0.25, 0.3) is 11.8 Å². The highest BCUT2D eigenvalue weighted by molar-refractivity contribution is 6.30. The lowest BCUT2D eigenvalue weighted by Gasteiger charge is -2.14. The monoisotopic (exact) mass is 483 g/mol. The van der Waals surface area contributed by atoms with Gasteiger partial charge in [0.25, 0.3) is 5.91 Å². The van der Waals surface area contributed by atoms with Crippen molar-refractivity contribution in [3.63, 3.8) is 0 Å². The van der Waals surface area contributed by atoms with E-state index in [-0.39, 0.29) is 23.8 Å². The lowest BCUT2D eigenvalue weighted by atomic mass is 10.2. The van der Waals surface area contributed by atoms with Gasteiger partial charge in [0, 0.05) is 16.4 Å². The zero-order valence-electron chi connectivity index (χ0n) is 19.0. The molecule has 1 aromatic carbocycles. The van der Waals surface area contributed by atoms with Crippen LogP contribution in [-0.4, -0.2) is 41.6 Å². The second kappa shape index (κ2) is 9.11. The summed E-state index contributed by atoms with van der Waals surface area (Å²) < 4.78 is 17.4. The molecule has 176 valence electrons. The van der Waals surface area contributed by atoms with Crippen LogP contribution in [0.4, 0.5) is 4.79 Å². The van der Waals surface area contributed by atoms with Crippen molar-refractivity contribution >= 4 is 35.6 Å². The molecule has 1 N–H and O–H groups in total. The van der Waals surface area contributed by atoms with E-state index in [1.807, 2.05) is 24.5 Å². The fraction of sp³-hybridized carbons (Fsp3) is 0.208. The standard InChI is InChI=1S/C24H22ClN3O6/c1-13-9-15(14(2)28(13)19-11-16(25)5-7-20(19)32-3)10-18-22(29)27(24(31)26-18)12-17-6-8-21(34-17)23(30)33-4/h5-11H,12H2,1-4H3,(H,26,31)/b18-10-. The molecule has 1 aliphatic rings. The van der Waals surface area contributed by atoms with Crippen molar-refractivity contribution in [3.8, 4) is 11.4 Å². The van der Waals surface area contributed by atoms with Crippen LogP contribution in [0.5, 0.6) is 5.75 Å². The van der Waals surface area contributed by atoms with E-state index in [1.165, 1.54) is 19.2 Å². The number of hydrogen-bond acceptors (Lipinski definition) is 6. The van der Waals surface area contributed by atoms with E-state index >= 15 is 0 Å². The molecule has 3 aromatic rings. The highest BCUT2D eigenvalue weighted by Crippen LogP contribution is 2.31. The van der Waals surface area contributed by atoms with Crippen LogP contribution in [0.15, 0.2) is 46.5 Å². The zero-order valence-corrected chi connectivity index (χ0v) is 19.7. The number of aromatic nitrogens is 1. The molecule has 0 atom stereocenters. The predicted molar refractivity (Wildman–Crippen MR) is 124 cm³/mol. The average molecular weight is 484 g/mol. The molecule has 34 heavy (non-hydrogen) atoms. The Hall–Kier alpha value is -3.98. The topological polar surface area (TPSA) is 103 Å². The average Bonchev–Trinajstić information content (AvgIpc) is 3.46. The minimum atomic E-state index is -0.643. The Morgan fingerprint density at radius 2 is 1.91 bits per heavy atom. The fourth-order valence-corrected chi connectivity index (χ4v) is 4.01. The van der Waals surface area contributed by atoms with E-state index in [9.17, 15) is 14.4 Å². The zero-order chi connectivity index (χ0) is 24.6. The summed E-state index contributed by atoms with van der Waals surface area (Å²) in [6.45, 7) is 3.69. The van der Waals surface area contributed by atoms with E-state index < -0.39 is 17.9 Å². The van der Waals surface area contributed by atoms with E-state index in [0.29, 0.717) is 10.8 Å². The van der Waals surface area contributed by atoms with Crippen molar-refractivity contribution in [2.75, 3.05) is 14.2 Å². The Balaban J connectivity index is 1.62. The molecule has 1 fully saturated rings. The van der Waals surface area contributed by atoms with Gasteiger partial charge in [-0.25, -0.2) is 9.59 Å². The van der Waals surface area contributed by atoms with Crippen LogP contribution >= 0.6 is 11.6 Å². The maximum atomic E-state index is 12.9. The number of urea groups is 1. The largest absolute Gasteiger partial charge is 0.495 e. The number of nitrogens with zero attached hydrogens (tertiary/aromatic N) is 2. The molecule has 4 rings (SSSR count). The molecular weight excluding hydrogens is 462 g/mol. The van der Waals surface area contributed by atoms with Crippen molar-refractivity contribution in [3.05, 3.63) is 75.6 Å². The van der Waals surface area contributed by atoms with E-state index in [4.69, 9.17) is 20.8 Å². The lowest BCUT2D eigenvalue weighted by molar-refractivity contribution is -0.123. The van der Waals surface area contributed by atoms with Gasteiger partial charge in [0.2, 0.25) is 5.76 Å². The third-order valence-corrected chi connectivity index (χ3v) is 5.71. The van der Waals surface area contributed by atoms with Crippen molar-refractivity contribution in [1.29, 1.82) is 0 Å². The first kappa shape index (κ1) is 23.2. The highest BCUT2D eigenvalue weighted by atomic mass is 35.5. The Kier molecular flexibility index (Phi) is 6.21. The van der Waals surface area contributed by atoms with E-state index in [0.717, 1.165) is 27.5 Å². The van der Waals surface area contributed by atoms with Gasteiger partial charge >= 0.3 is 12.0 Å².